The third-order valence-corrected chi connectivity index (χ3v) is 5.35. The average Bonchev–Trinajstić information content (AvgIpc) is 2.85. The second kappa shape index (κ2) is 8.03. The summed E-state index contributed by atoms with van der Waals surface area (Å²) < 4.78 is 2.60. The van der Waals surface area contributed by atoms with Gasteiger partial charge < -0.3 is 0 Å². The number of aromatic nitrogens is 5. The predicted molar refractivity (Wildman–Crippen MR) is 122 cm³/mol. The van der Waals surface area contributed by atoms with Gasteiger partial charge in [0.1, 0.15) is 6.04 Å². The SMILES string of the molecule is Cn1c(=O)nc2n(C(c3ccccc3)c3ccccc3)nc(-c3ccccc3)nc-2c1=O. The van der Waals surface area contributed by atoms with Crippen LogP contribution in [0.15, 0.2) is 101 Å². The molecule has 156 valence electrons. The fraction of sp³-hybridized carbons (Fsp3) is 0.0800. The molecule has 2 aliphatic rings. The van der Waals surface area contributed by atoms with Gasteiger partial charge in [-0.25, -0.2) is 14.5 Å². The zero-order valence-electron chi connectivity index (χ0n) is 17.3. The fourth-order valence-electron chi connectivity index (χ4n) is 3.73. The van der Waals surface area contributed by atoms with Gasteiger partial charge in [0, 0.05) is 12.6 Å². The number of fused-ring (bicyclic) bond motifs is 1. The highest BCUT2D eigenvalue weighted by atomic mass is 16.2. The van der Waals surface area contributed by atoms with Gasteiger partial charge in [-0.2, -0.15) is 4.98 Å². The Labute approximate surface area is 183 Å². The van der Waals surface area contributed by atoms with Crippen LogP contribution in [0.4, 0.5) is 0 Å². The zero-order chi connectivity index (χ0) is 22.1. The molecule has 0 saturated heterocycles. The molecule has 7 heteroatoms. The standard InChI is InChI=1S/C25H19N5O2/c1-29-24(31)20-23(27-25(29)32)30(28-22(26-20)19-15-9-4-10-16-19)21(17-11-5-2-6-12-17)18-13-7-3-8-14-18/h2-16,21H,1H3. The lowest BCUT2D eigenvalue weighted by Crippen LogP contribution is -2.38. The maximum Gasteiger partial charge on any atom is 0.352 e. The number of nitrogens with zero attached hydrogens (tertiary/aromatic N) is 5. The number of benzene rings is 3. The molecule has 0 spiro atoms. The molecule has 5 rings (SSSR count). The van der Waals surface area contributed by atoms with Crippen LogP contribution in [0.2, 0.25) is 0 Å². The summed E-state index contributed by atoms with van der Waals surface area (Å²) in [7, 11) is 1.40. The van der Waals surface area contributed by atoms with E-state index in [9.17, 15) is 9.59 Å². The summed E-state index contributed by atoms with van der Waals surface area (Å²) in [5.41, 5.74) is 1.59. The van der Waals surface area contributed by atoms with E-state index in [4.69, 9.17) is 5.10 Å². The summed E-state index contributed by atoms with van der Waals surface area (Å²) in [5.74, 6) is 0.531. The van der Waals surface area contributed by atoms with Crippen molar-refractivity contribution in [1.29, 1.82) is 0 Å². The minimum Gasteiger partial charge on any atom is -0.267 e. The van der Waals surface area contributed by atoms with E-state index in [0.717, 1.165) is 21.3 Å². The third-order valence-electron chi connectivity index (χ3n) is 5.35. The van der Waals surface area contributed by atoms with Crippen molar-refractivity contribution < 1.29 is 0 Å². The minimum atomic E-state index is -0.646. The van der Waals surface area contributed by atoms with Gasteiger partial charge in [-0.1, -0.05) is 91.0 Å². The molecular formula is C25H19N5O2. The molecule has 0 N–H and O–H groups in total. The molecule has 0 atom stereocenters. The van der Waals surface area contributed by atoms with E-state index in [-0.39, 0.29) is 11.5 Å². The quantitative estimate of drug-likeness (QED) is 0.445. The van der Waals surface area contributed by atoms with Crippen molar-refractivity contribution in [3.63, 3.8) is 0 Å². The third kappa shape index (κ3) is 3.39. The molecule has 0 bridgehead atoms. The highest BCUT2D eigenvalue weighted by Crippen LogP contribution is 2.30. The van der Waals surface area contributed by atoms with Crippen LogP contribution in [0.3, 0.4) is 0 Å². The molecule has 32 heavy (non-hydrogen) atoms. The van der Waals surface area contributed by atoms with Crippen molar-refractivity contribution in [2.24, 2.45) is 7.05 Å². The van der Waals surface area contributed by atoms with Crippen LogP contribution in [0.25, 0.3) is 22.9 Å². The first-order valence-corrected chi connectivity index (χ1v) is 10.2. The largest absolute Gasteiger partial charge is 0.352 e. The molecule has 0 saturated carbocycles. The second-order valence-electron chi connectivity index (χ2n) is 7.40. The van der Waals surface area contributed by atoms with Crippen molar-refractivity contribution in [2.45, 2.75) is 6.04 Å². The monoisotopic (exact) mass is 421 g/mol. The lowest BCUT2D eigenvalue weighted by atomic mass is 9.98. The summed E-state index contributed by atoms with van der Waals surface area (Å²) in [5, 5.41) is 4.79. The Bertz CT molecular complexity index is 1420. The normalized spacial score (nSPS) is 11.2. The topological polar surface area (TPSA) is 82.7 Å². The Morgan fingerprint density at radius 2 is 1.25 bits per heavy atom. The Kier molecular flexibility index (Phi) is 4.91. The smallest absolute Gasteiger partial charge is 0.267 e. The molecule has 0 aromatic heterocycles. The number of hydrogen-bond donors (Lipinski definition) is 0. The highest BCUT2D eigenvalue weighted by molar-refractivity contribution is 5.60. The first kappa shape index (κ1) is 19.6. The molecule has 0 aliphatic carbocycles. The van der Waals surface area contributed by atoms with E-state index < -0.39 is 17.3 Å². The summed E-state index contributed by atoms with van der Waals surface area (Å²) in [4.78, 5) is 34.1. The van der Waals surface area contributed by atoms with Crippen LogP contribution in [0.5, 0.6) is 0 Å². The van der Waals surface area contributed by atoms with Gasteiger partial charge in [0.2, 0.25) is 0 Å². The van der Waals surface area contributed by atoms with Gasteiger partial charge in [-0.05, 0) is 11.1 Å². The first-order valence-electron chi connectivity index (χ1n) is 10.2. The van der Waals surface area contributed by atoms with E-state index in [1.54, 1.807) is 4.68 Å². The van der Waals surface area contributed by atoms with Crippen LogP contribution >= 0.6 is 0 Å². The molecular weight excluding hydrogens is 402 g/mol. The van der Waals surface area contributed by atoms with Crippen molar-refractivity contribution in [1.82, 2.24) is 24.3 Å². The lowest BCUT2D eigenvalue weighted by Gasteiger charge is -2.24. The van der Waals surface area contributed by atoms with E-state index in [1.807, 2.05) is 91.0 Å². The maximum absolute atomic E-state index is 13.0. The van der Waals surface area contributed by atoms with Gasteiger partial charge in [0.25, 0.3) is 5.56 Å². The van der Waals surface area contributed by atoms with Gasteiger partial charge in [0.15, 0.2) is 17.3 Å². The molecule has 0 radical (unpaired) electrons. The predicted octanol–water partition coefficient (Wildman–Crippen LogP) is 3.14. The van der Waals surface area contributed by atoms with Crippen molar-refractivity contribution in [3.05, 3.63) is 123 Å². The van der Waals surface area contributed by atoms with E-state index in [2.05, 4.69) is 9.97 Å². The Hall–Kier alpha value is -4.39. The van der Waals surface area contributed by atoms with Crippen molar-refractivity contribution in [2.75, 3.05) is 0 Å². The van der Waals surface area contributed by atoms with Gasteiger partial charge in [-0.3, -0.25) is 9.36 Å². The molecule has 3 aromatic rings. The van der Waals surface area contributed by atoms with Crippen LogP contribution in [0.1, 0.15) is 17.2 Å². The molecule has 2 heterocycles. The van der Waals surface area contributed by atoms with Crippen LogP contribution < -0.4 is 11.2 Å². The molecule has 7 nitrogen and oxygen atoms in total. The van der Waals surface area contributed by atoms with Gasteiger partial charge in [0.05, 0.1) is 0 Å². The molecule has 3 aromatic carbocycles. The van der Waals surface area contributed by atoms with Crippen LogP contribution in [-0.4, -0.2) is 24.3 Å². The summed E-state index contributed by atoms with van der Waals surface area (Å²) in [6.45, 7) is 0. The van der Waals surface area contributed by atoms with E-state index >= 15 is 0 Å². The molecule has 0 amide bonds. The molecule has 2 aliphatic heterocycles. The van der Waals surface area contributed by atoms with E-state index in [0.29, 0.717) is 5.82 Å². The number of rotatable bonds is 4. The summed E-state index contributed by atoms with van der Waals surface area (Å²) >= 11 is 0. The first-order chi connectivity index (χ1) is 15.6. The minimum absolute atomic E-state index is 0.0952. The van der Waals surface area contributed by atoms with E-state index in [1.165, 1.54) is 7.05 Å². The molecule has 0 unspecified atom stereocenters. The summed E-state index contributed by atoms with van der Waals surface area (Å²) in [6, 6.07) is 28.6. The Balaban J connectivity index is 1.89. The Morgan fingerprint density at radius 1 is 0.719 bits per heavy atom. The van der Waals surface area contributed by atoms with Crippen LogP contribution in [0, 0.1) is 0 Å². The van der Waals surface area contributed by atoms with Crippen molar-refractivity contribution in [3.8, 4) is 22.9 Å². The van der Waals surface area contributed by atoms with Crippen LogP contribution in [-0.2, 0) is 7.05 Å². The zero-order valence-corrected chi connectivity index (χ0v) is 17.3. The lowest BCUT2D eigenvalue weighted by molar-refractivity contribution is 0.563. The van der Waals surface area contributed by atoms with Crippen molar-refractivity contribution >= 4 is 0 Å². The maximum atomic E-state index is 13.0. The second-order valence-corrected chi connectivity index (χ2v) is 7.40. The van der Waals surface area contributed by atoms with Gasteiger partial charge in [-0.15, -0.1) is 5.10 Å². The number of hydrogen-bond acceptors (Lipinski definition) is 5. The summed E-state index contributed by atoms with van der Waals surface area (Å²) in [6.07, 6.45) is 0. The van der Waals surface area contributed by atoms with Gasteiger partial charge >= 0.3 is 5.69 Å². The average molecular weight is 421 g/mol. The molecule has 0 fully saturated rings. The highest BCUT2D eigenvalue weighted by Gasteiger charge is 2.27. The fourth-order valence-corrected chi connectivity index (χ4v) is 3.73. The Morgan fingerprint density at radius 3 is 1.81 bits per heavy atom.